The number of hydrogen-bond donors (Lipinski definition) is 1. The molecular formula is C16H27N3OS. The summed E-state index contributed by atoms with van der Waals surface area (Å²) in [4.78, 5) is 20.2. The first kappa shape index (κ1) is 16.4. The minimum atomic E-state index is 0.199. The van der Waals surface area contributed by atoms with E-state index in [1.165, 1.54) is 17.7 Å². The third-order valence-corrected chi connectivity index (χ3v) is 5.19. The summed E-state index contributed by atoms with van der Waals surface area (Å²) in [5.41, 5.74) is 1.12. The van der Waals surface area contributed by atoms with Crippen LogP contribution in [0.4, 0.5) is 0 Å². The molecule has 1 saturated heterocycles. The maximum Gasteiger partial charge on any atom is 0.224 e. The lowest BCUT2D eigenvalue weighted by atomic mass is 10.2. The monoisotopic (exact) mass is 309 g/mol. The van der Waals surface area contributed by atoms with Crippen LogP contribution in [0.5, 0.6) is 0 Å². The Kier molecular flexibility index (Phi) is 6.18. The topological polar surface area (TPSA) is 45.2 Å². The van der Waals surface area contributed by atoms with Crippen LogP contribution in [0, 0.1) is 13.8 Å². The number of likely N-dealkylation sites (tertiary alicyclic amines) is 1. The summed E-state index contributed by atoms with van der Waals surface area (Å²) in [6, 6.07) is 0.199. The van der Waals surface area contributed by atoms with E-state index in [1.54, 1.807) is 11.3 Å². The molecule has 118 valence electrons. The Bertz CT molecular complexity index is 445. The summed E-state index contributed by atoms with van der Waals surface area (Å²) in [6.45, 7) is 8.87. The molecular weight excluding hydrogens is 282 g/mol. The Balaban J connectivity index is 1.75. The number of nitrogens with one attached hydrogen (secondary N) is 1. The minimum Gasteiger partial charge on any atom is -0.343 e. The van der Waals surface area contributed by atoms with Gasteiger partial charge in [0.15, 0.2) is 0 Å². The van der Waals surface area contributed by atoms with Crippen LogP contribution in [-0.2, 0) is 11.3 Å². The average Bonchev–Trinajstić information content (AvgIpc) is 2.68. The molecule has 1 unspecified atom stereocenters. The molecule has 21 heavy (non-hydrogen) atoms. The number of thiazole rings is 1. The average molecular weight is 309 g/mol. The van der Waals surface area contributed by atoms with Gasteiger partial charge in [0.2, 0.25) is 5.91 Å². The lowest BCUT2D eigenvalue weighted by molar-refractivity contribution is -0.131. The number of aryl methyl sites for hydroxylation is 2. The predicted octanol–water partition coefficient (Wildman–Crippen LogP) is 3.03. The highest BCUT2D eigenvalue weighted by Crippen LogP contribution is 2.16. The van der Waals surface area contributed by atoms with Crippen LogP contribution in [0.25, 0.3) is 0 Å². The molecule has 0 aliphatic carbocycles. The number of hydrogen-bond acceptors (Lipinski definition) is 4. The third kappa shape index (κ3) is 5.08. The minimum absolute atomic E-state index is 0.199. The summed E-state index contributed by atoms with van der Waals surface area (Å²) in [5.74, 6) is 0.295. The maximum atomic E-state index is 12.3. The molecule has 0 radical (unpaired) electrons. The lowest BCUT2D eigenvalue weighted by Crippen LogP contribution is -2.37. The van der Waals surface area contributed by atoms with Gasteiger partial charge in [-0.3, -0.25) is 4.79 Å². The van der Waals surface area contributed by atoms with Crippen molar-refractivity contribution in [3.63, 3.8) is 0 Å². The van der Waals surface area contributed by atoms with Crippen LogP contribution in [0.1, 0.15) is 54.6 Å². The molecule has 0 saturated carbocycles. The Morgan fingerprint density at radius 1 is 1.29 bits per heavy atom. The zero-order valence-electron chi connectivity index (χ0n) is 13.4. The van der Waals surface area contributed by atoms with E-state index in [1.807, 2.05) is 11.8 Å². The highest BCUT2D eigenvalue weighted by atomic mass is 32.1. The van der Waals surface area contributed by atoms with Crippen LogP contribution in [-0.4, -0.2) is 34.9 Å². The van der Waals surface area contributed by atoms with Gasteiger partial charge in [-0.2, -0.15) is 0 Å². The van der Waals surface area contributed by atoms with Crippen LogP contribution >= 0.6 is 11.3 Å². The smallest absolute Gasteiger partial charge is 0.224 e. The summed E-state index contributed by atoms with van der Waals surface area (Å²) in [6.07, 6.45) is 5.43. The molecule has 0 aromatic carbocycles. The summed E-state index contributed by atoms with van der Waals surface area (Å²) < 4.78 is 0. The van der Waals surface area contributed by atoms with Gasteiger partial charge < -0.3 is 10.2 Å². The molecule has 5 heteroatoms. The number of amides is 1. The molecule has 1 aromatic rings. The van der Waals surface area contributed by atoms with Gasteiger partial charge in [0, 0.05) is 37.0 Å². The van der Waals surface area contributed by atoms with Crippen molar-refractivity contribution in [3.05, 3.63) is 15.6 Å². The van der Waals surface area contributed by atoms with Gasteiger partial charge in [-0.1, -0.05) is 12.8 Å². The maximum absolute atomic E-state index is 12.3. The van der Waals surface area contributed by atoms with Crippen molar-refractivity contribution >= 4 is 17.2 Å². The second-order valence-electron chi connectivity index (χ2n) is 6.03. The van der Waals surface area contributed by atoms with Crippen LogP contribution in [0.3, 0.4) is 0 Å². The highest BCUT2D eigenvalue weighted by molar-refractivity contribution is 7.11. The van der Waals surface area contributed by atoms with E-state index in [9.17, 15) is 4.79 Å². The van der Waals surface area contributed by atoms with E-state index in [4.69, 9.17) is 0 Å². The van der Waals surface area contributed by atoms with Gasteiger partial charge in [-0.05, 0) is 33.6 Å². The van der Waals surface area contributed by atoms with Crippen molar-refractivity contribution < 1.29 is 4.79 Å². The fourth-order valence-electron chi connectivity index (χ4n) is 2.66. The Morgan fingerprint density at radius 2 is 1.95 bits per heavy atom. The predicted molar refractivity (Wildman–Crippen MR) is 87.6 cm³/mol. The summed E-state index contributed by atoms with van der Waals surface area (Å²) in [5, 5.41) is 4.54. The molecule has 1 fully saturated rings. The van der Waals surface area contributed by atoms with Gasteiger partial charge in [-0.15, -0.1) is 11.3 Å². The van der Waals surface area contributed by atoms with Crippen LogP contribution < -0.4 is 5.32 Å². The highest BCUT2D eigenvalue weighted by Gasteiger charge is 2.18. The number of nitrogens with zero attached hydrogens (tertiary/aromatic N) is 2. The molecule has 1 aliphatic heterocycles. The first-order valence-electron chi connectivity index (χ1n) is 8.00. The third-order valence-electron chi connectivity index (χ3n) is 4.11. The summed E-state index contributed by atoms with van der Waals surface area (Å²) in [7, 11) is 0. The molecule has 1 atom stereocenters. The summed E-state index contributed by atoms with van der Waals surface area (Å²) >= 11 is 1.74. The standard InChI is InChI=1S/C16H27N3OS/c1-12(17-11-15-18-13(2)14(3)21-15)10-16(20)19-8-6-4-5-7-9-19/h12,17H,4-11H2,1-3H3. The Hall–Kier alpha value is -0.940. The number of aromatic nitrogens is 1. The zero-order valence-corrected chi connectivity index (χ0v) is 14.3. The van der Waals surface area contributed by atoms with E-state index >= 15 is 0 Å². The van der Waals surface area contributed by atoms with Crippen molar-refractivity contribution in [2.45, 2.75) is 65.5 Å². The SMILES string of the molecule is Cc1nc(CNC(C)CC(=O)N2CCCCCC2)sc1C. The first-order chi connectivity index (χ1) is 10.1. The fourth-order valence-corrected chi connectivity index (χ4v) is 3.54. The van der Waals surface area contributed by atoms with Crippen LogP contribution in [0.15, 0.2) is 0 Å². The molecule has 2 heterocycles. The van der Waals surface area contributed by atoms with Crippen molar-refractivity contribution in [3.8, 4) is 0 Å². The zero-order chi connectivity index (χ0) is 15.2. The van der Waals surface area contributed by atoms with Crippen molar-refractivity contribution in [2.75, 3.05) is 13.1 Å². The van der Waals surface area contributed by atoms with E-state index in [2.05, 4.69) is 24.1 Å². The van der Waals surface area contributed by atoms with E-state index in [-0.39, 0.29) is 6.04 Å². The Morgan fingerprint density at radius 3 is 2.52 bits per heavy atom. The largest absolute Gasteiger partial charge is 0.343 e. The van der Waals surface area contributed by atoms with Gasteiger partial charge in [0.05, 0.1) is 5.69 Å². The molecule has 0 spiro atoms. The van der Waals surface area contributed by atoms with Gasteiger partial charge in [-0.25, -0.2) is 4.98 Å². The van der Waals surface area contributed by atoms with Crippen molar-refractivity contribution in [2.24, 2.45) is 0 Å². The van der Waals surface area contributed by atoms with E-state index < -0.39 is 0 Å². The number of rotatable bonds is 5. The fraction of sp³-hybridized carbons (Fsp3) is 0.750. The number of carbonyl (C=O) groups excluding carboxylic acids is 1. The number of carbonyl (C=O) groups is 1. The van der Waals surface area contributed by atoms with Crippen molar-refractivity contribution in [1.82, 2.24) is 15.2 Å². The first-order valence-corrected chi connectivity index (χ1v) is 8.82. The second kappa shape index (κ2) is 7.90. The van der Waals surface area contributed by atoms with Gasteiger partial charge >= 0.3 is 0 Å². The van der Waals surface area contributed by atoms with Crippen LogP contribution in [0.2, 0.25) is 0 Å². The van der Waals surface area contributed by atoms with E-state index in [0.717, 1.165) is 43.2 Å². The second-order valence-corrected chi connectivity index (χ2v) is 7.32. The van der Waals surface area contributed by atoms with Crippen molar-refractivity contribution in [1.29, 1.82) is 0 Å². The quantitative estimate of drug-likeness (QED) is 0.909. The molecule has 1 amide bonds. The van der Waals surface area contributed by atoms with Gasteiger partial charge in [0.25, 0.3) is 0 Å². The van der Waals surface area contributed by atoms with Gasteiger partial charge in [0.1, 0.15) is 5.01 Å². The molecule has 1 N–H and O–H groups in total. The normalized spacial score (nSPS) is 17.6. The molecule has 1 aromatic heterocycles. The molecule has 4 nitrogen and oxygen atoms in total. The molecule has 2 rings (SSSR count). The lowest BCUT2D eigenvalue weighted by Gasteiger charge is -2.22. The molecule has 0 bridgehead atoms. The molecule has 1 aliphatic rings. The Labute approximate surface area is 132 Å². The van der Waals surface area contributed by atoms with E-state index in [0.29, 0.717) is 12.3 Å².